The summed E-state index contributed by atoms with van der Waals surface area (Å²) < 4.78 is 10.8. The molecule has 2 aliphatic rings. The quantitative estimate of drug-likeness (QED) is 0.683. The van der Waals surface area contributed by atoms with Crippen LogP contribution in [0.4, 0.5) is 0 Å². The molecule has 0 spiro atoms. The molecule has 0 unspecified atom stereocenters. The van der Waals surface area contributed by atoms with E-state index in [0.29, 0.717) is 0 Å². The van der Waals surface area contributed by atoms with Crippen LogP contribution in [0.2, 0.25) is 0 Å². The Morgan fingerprint density at radius 3 is 2.06 bits per heavy atom. The van der Waals surface area contributed by atoms with E-state index in [1.165, 1.54) is 13.0 Å². The lowest BCUT2D eigenvalue weighted by molar-refractivity contribution is 0.0356. The van der Waals surface area contributed by atoms with Crippen LogP contribution in [0.5, 0.6) is 0 Å². The molecule has 2 rings (SSSR count). The summed E-state index contributed by atoms with van der Waals surface area (Å²) in [6.45, 7) is 12.4. The lowest BCUT2D eigenvalue weighted by Crippen LogP contribution is -2.39. The van der Waals surface area contributed by atoms with Crippen LogP contribution in [0.3, 0.4) is 0 Å². The number of hydrogen-bond donors (Lipinski definition) is 0. The van der Waals surface area contributed by atoms with Gasteiger partial charge in [-0.3, -0.25) is 9.80 Å². The van der Waals surface area contributed by atoms with E-state index in [-0.39, 0.29) is 0 Å². The second-order valence-corrected chi connectivity index (χ2v) is 5.04. The van der Waals surface area contributed by atoms with Crippen molar-refractivity contribution in [1.29, 1.82) is 0 Å². The van der Waals surface area contributed by atoms with E-state index in [4.69, 9.17) is 9.47 Å². The van der Waals surface area contributed by atoms with Crippen LogP contribution in [0.25, 0.3) is 0 Å². The second-order valence-electron chi connectivity index (χ2n) is 5.04. The van der Waals surface area contributed by atoms with Crippen molar-refractivity contribution in [2.45, 2.75) is 13.3 Å². The van der Waals surface area contributed by atoms with Gasteiger partial charge < -0.3 is 9.47 Å². The Balaban J connectivity index is 1.68. The Labute approximate surface area is 111 Å². The van der Waals surface area contributed by atoms with Crippen LogP contribution >= 0.6 is 0 Å². The van der Waals surface area contributed by atoms with Crippen molar-refractivity contribution >= 4 is 0 Å². The van der Waals surface area contributed by atoms with E-state index >= 15 is 0 Å². The van der Waals surface area contributed by atoms with E-state index in [9.17, 15) is 0 Å². The Morgan fingerprint density at radius 1 is 0.944 bits per heavy atom. The molecule has 0 aromatic rings. The lowest BCUT2D eigenvalue weighted by Gasteiger charge is -2.29. The smallest absolute Gasteiger partial charge is 0.0594 e. The molecule has 2 saturated heterocycles. The Morgan fingerprint density at radius 2 is 1.50 bits per heavy atom. The first kappa shape index (κ1) is 14.0. The van der Waals surface area contributed by atoms with Crippen LogP contribution < -0.4 is 0 Å². The highest BCUT2D eigenvalue weighted by Crippen LogP contribution is 2.09. The minimum atomic E-state index is 0.889. The molecule has 104 valence electrons. The van der Waals surface area contributed by atoms with Crippen LogP contribution in [0.15, 0.2) is 11.6 Å². The minimum absolute atomic E-state index is 0.889. The summed E-state index contributed by atoms with van der Waals surface area (Å²) >= 11 is 0. The van der Waals surface area contributed by atoms with Crippen molar-refractivity contribution in [3.63, 3.8) is 0 Å². The standard InChI is InChI=1S/C14H26N2O2/c1-2-14(13-16-7-11-18-12-8-16)3-4-15-5-9-17-10-6-15/h2H,3-13H2,1H3. The molecule has 2 heterocycles. The van der Waals surface area contributed by atoms with Crippen LogP contribution in [-0.4, -0.2) is 75.5 Å². The molecule has 4 nitrogen and oxygen atoms in total. The van der Waals surface area contributed by atoms with Gasteiger partial charge in [0.2, 0.25) is 0 Å². The normalized spacial score (nSPS) is 24.4. The van der Waals surface area contributed by atoms with Crippen molar-refractivity contribution in [1.82, 2.24) is 9.80 Å². The molecule has 0 aromatic heterocycles. The zero-order valence-electron chi connectivity index (χ0n) is 11.6. The van der Waals surface area contributed by atoms with Gasteiger partial charge in [0, 0.05) is 39.3 Å². The van der Waals surface area contributed by atoms with Gasteiger partial charge in [-0.15, -0.1) is 0 Å². The largest absolute Gasteiger partial charge is 0.379 e. The average Bonchev–Trinajstić information content (AvgIpc) is 2.45. The Kier molecular flexibility index (Phi) is 6.14. The molecule has 0 N–H and O–H groups in total. The van der Waals surface area contributed by atoms with E-state index in [1.54, 1.807) is 5.57 Å². The third-order valence-corrected chi connectivity index (χ3v) is 3.79. The molecule has 0 saturated carbocycles. The fourth-order valence-corrected chi connectivity index (χ4v) is 2.49. The highest BCUT2D eigenvalue weighted by Gasteiger charge is 2.14. The van der Waals surface area contributed by atoms with Crippen molar-refractivity contribution in [3.8, 4) is 0 Å². The summed E-state index contributed by atoms with van der Waals surface area (Å²) in [6, 6.07) is 0. The van der Waals surface area contributed by atoms with Crippen molar-refractivity contribution < 1.29 is 9.47 Å². The molecule has 0 atom stereocenters. The molecule has 2 aliphatic heterocycles. The number of morpholine rings is 2. The number of hydrogen-bond acceptors (Lipinski definition) is 4. The highest BCUT2D eigenvalue weighted by molar-refractivity contribution is 5.04. The maximum atomic E-state index is 5.39. The monoisotopic (exact) mass is 254 g/mol. The summed E-state index contributed by atoms with van der Waals surface area (Å²) in [5, 5.41) is 0. The Hall–Kier alpha value is -0.420. The first-order valence-electron chi connectivity index (χ1n) is 7.13. The van der Waals surface area contributed by atoms with Crippen LogP contribution in [-0.2, 0) is 9.47 Å². The predicted octanol–water partition coefficient (Wildman–Crippen LogP) is 0.987. The molecule has 0 radical (unpaired) electrons. The zero-order valence-corrected chi connectivity index (χ0v) is 11.6. The maximum Gasteiger partial charge on any atom is 0.0594 e. The molecule has 4 heteroatoms. The number of allylic oxidation sites excluding steroid dienone is 1. The molecule has 0 aliphatic carbocycles. The first-order chi connectivity index (χ1) is 8.88. The van der Waals surface area contributed by atoms with Gasteiger partial charge in [-0.1, -0.05) is 11.6 Å². The first-order valence-corrected chi connectivity index (χ1v) is 7.13. The van der Waals surface area contributed by atoms with E-state index in [1.807, 2.05) is 0 Å². The van der Waals surface area contributed by atoms with E-state index in [0.717, 1.165) is 59.2 Å². The molecule has 0 amide bonds. The van der Waals surface area contributed by atoms with Crippen molar-refractivity contribution in [2.75, 3.05) is 65.7 Å². The summed E-state index contributed by atoms with van der Waals surface area (Å²) in [5.74, 6) is 0. The zero-order chi connectivity index (χ0) is 12.6. The van der Waals surface area contributed by atoms with Gasteiger partial charge in [-0.2, -0.15) is 0 Å². The Bertz CT molecular complexity index is 257. The molecule has 0 bridgehead atoms. The highest BCUT2D eigenvalue weighted by atomic mass is 16.5. The molecular formula is C14H26N2O2. The summed E-state index contributed by atoms with van der Waals surface area (Å²) in [5.41, 5.74) is 1.56. The van der Waals surface area contributed by atoms with Gasteiger partial charge in [0.1, 0.15) is 0 Å². The summed E-state index contributed by atoms with van der Waals surface area (Å²) in [7, 11) is 0. The molecule has 2 fully saturated rings. The fraction of sp³-hybridized carbons (Fsp3) is 0.857. The SMILES string of the molecule is CC=C(CCN1CCOCC1)CN1CCOCC1. The van der Waals surface area contributed by atoms with Crippen LogP contribution in [0, 0.1) is 0 Å². The number of nitrogens with zero attached hydrogens (tertiary/aromatic N) is 2. The average molecular weight is 254 g/mol. The predicted molar refractivity (Wildman–Crippen MR) is 72.9 cm³/mol. The van der Waals surface area contributed by atoms with Gasteiger partial charge in [-0.05, 0) is 13.3 Å². The van der Waals surface area contributed by atoms with Gasteiger partial charge in [0.25, 0.3) is 0 Å². The summed E-state index contributed by atoms with van der Waals surface area (Å²) in [4.78, 5) is 5.00. The number of rotatable bonds is 5. The lowest BCUT2D eigenvalue weighted by atomic mass is 10.1. The fourth-order valence-electron chi connectivity index (χ4n) is 2.49. The van der Waals surface area contributed by atoms with Crippen molar-refractivity contribution in [2.24, 2.45) is 0 Å². The third kappa shape index (κ3) is 4.69. The van der Waals surface area contributed by atoms with E-state index < -0.39 is 0 Å². The summed E-state index contributed by atoms with van der Waals surface area (Å²) in [6.07, 6.45) is 3.48. The molecule has 18 heavy (non-hydrogen) atoms. The van der Waals surface area contributed by atoms with Crippen LogP contribution in [0.1, 0.15) is 13.3 Å². The third-order valence-electron chi connectivity index (χ3n) is 3.79. The van der Waals surface area contributed by atoms with Gasteiger partial charge in [0.05, 0.1) is 26.4 Å². The minimum Gasteiger partial charge on any atom is -0.379 e. The van der Waals surface area contributed by atoms with Gasteiger partial charge >= 0.3 is 0 Å². The maximum absolute atomic E-state index is 5.39. The molecule has 0 aromatic carbocycles. The van der Waals surface area contributed by atoms with Gasteiger partial charge in [0.15, 0.2) is 0 Å². The topological polar surface area (TPSA) is 24.9 Å². The second kappa shape index (κ2) is 7.89. The van der Waals surface area contributed by atoms with E-state index in [2.05, 4.69) is 22.8 Å². The number of ether oxygens (including phenoxy) is 2. The molecular weight excluding hydrogens is 228 g/mol. The van der Waals surface area contributed by atoms with Gasteiger partial charge in [-0.25, -0.2) is 0 Å². The van der Waals surface area contributed by atoms with Crippen molar-refractivity contribution in [3.05, 3.63) is 11.6 Å².